The second-order valence-electron chi connectivity index (χ2n) is 3.94. The Balaban J connectivity index is 3.00. The molecular weight excluding hydrogens is 232 g/mol. The van der Waals surface area contributed by atoms with Crippen molar-refractivity contribution < 1.29 is 13.6 Å². The van der Waals surface area contributed by atoms with Crippen molar-refractivity contribution in [2.24, 2.45) is 10.9 Å². The molecule has 1 rings (SSSR count). The fourth-order valence-corrected chi connectivity index (χ4v) is 3.07. The minimum Gasteiger partial charge on any atom is -0.409 e. The summed E-state index contributed by atoms with van der Waals surface area (Å²) in [6, 6.07) is -0.536. The van der Waals surface area contributed by atoms with Gasteiger partial charge in [0.25, 0.3) is 10.2 Å². The number of amidine groups is 1. The first-order valence-corrected chi connectivity index (χ1v) is 6.47. The molecule has 1 atom stereocenters. The normalized spacial score (nSPS) is 24.9. The van der Waals surface area contributed by atoms with Crippen molar-refractivity contribution in [3.63, 3.8) is 0 Å². The Hall–Kier alpha value is -0.860. The van der Waals surface area contributed by atoms with E-state index in [-0.39, 0.29) is 5.84 Å². The highest BCUT2D eigenvalue weighted by Gasteiger charge is 2.35. The van der Waals surface area contributed by atoms with Gasteiger partial charge >= 0.3 is 0 Å². The van der Waals surface area contributed by atoms with Crippen molar-refractivity contribution in [3.8, 4) is 0 Å². The topological polar surface area (TPSA) is 99.2 Å². The van der Waals surface area contributed by atoms with Crippen LogP contribution in [-0.4, -0.2) is 54.8 Å². The fourth-order valence-electron chi connectivity index (χ4n) is 1.75. The quantitative estimate of drug-likeness (QED) is 0.302. The minimum atomic E-state index is -3.51. The van der Waals surface area contributed by atoms with E-state index in [0.29, 0.717) is 13.0 Å². The summed E-state index contributed by atoms with van der Waals surface area (Å²) >= 11 is 0. The first-order chi connectivity index (χ1) is 7.41. The maximum atomic E-state index is 12.0. The van der Waals surface area contributed by atoms with Crippen LogP contribution in [0.25, 0.3) is 0 Å². The molecule has 0 aliphatic carbocycles. The smallest absolute Gasteiger partial charge is 0.282 e. The van der Waals surface area contributed by atoms with Crippen molar-refractivity contribution in [1.29, 1.82) is 0 Å². The monoisotopic (exact) mass is 250 g/mol. The first kappa shape index (κ1) is 13.2. The van der Waals surface area contributed by atoms with E-state index in [9.17, 15) is 8.42 Å². The molecule has 0 radical (unpaired) electrons. The van der Waals surface area contributed by atoms with Crippen LogP contribution in [0.1, 0.15) is 19.3 Å². The third-order valence-corrected chi connectivity index (χ3v) is 4.62. The van der Waals surface area contributed by atoms with E-state index in [1.807, 2.05) is 0 Å². The summed E-state index contributed by atoms with van der Waals surface area (Å²) in [7, 11) is -0.578. The van der Waals surface area contributed by atoms with Gasteiger partial charge in [-0.3, -0.25) is 0 Å². The summed E-state index contributed by atoms with van der Waals surface area (Å²) in [6.45, 7) is 0.404. The maximum Gasteiger partial charge on any atom is 0.282 e. The molecule has 3 N–H and O–H groups in total. The number of hydrogen-bond donors (Lipinski definition) is 2. The lowest BCUT2D eigenvalue weighted by atomic mass is 10.0. The van der Waals surface area contributed by atoms with E-state index < -0.39 is 16.3 Å². The zero-order valence-corrected chi connectivity index (χ0v) is 10.3. The van der Waals surface area contributed by atoms with Gasteiger partial charge in [0.05, 0.1) is 6.04 Å². The highest BCUT2D eigenvalue weighted by atomic mass is 32.2. The molecule has 94 valence electrons. The van der Waals surface area contributed by atoms with Crippen molar-refractivity contribution in [2.45, 2.75) is 25.3 Å². The zero-order valence-electron chi connectivity index (χ0n) is 9.50. The molecule has 0 aromatic rings. The van der Waals surface area contributed by atoms with Gasteiger partial charge in [0.15, 0.2) is 5.84 Å². The van der Waals surface area contributed by atoms with Crippen molar-refractivity contribution in [2.75, 3.05) is 20.6 Å². The molecule has 0 saturated carbocycles. The van der Waals surface area contributed by atoms with E-state index in [2.05, 4.69) is 5.16 Å². The molecule has 1 saturated heterocycles. The van der Waals surface area contributed by atoms with E-state index in [1.165, 1.54) is 18.4 Å². The summed E-state index contributed by atoms with van der Waals surface area (Å²) in [5, 5.41) is 11.5. The van der Waals surface area contributed by atoms with E-state index in [1.54, 1.807) is 0 Å². The van der Waals surface area contributed by atoms with Gasteiger partial charge in [0, 0.05) is 20.6 Å². The van der Waals surface area contributed by atoms with E-state index in [0.717, 1.165) is 17.1 Å². The molecular formula is C8H18N4O3S. The molecule has 0 bridgehead atoms. The van der Waals surface area contributed by atoms with Gasteiger partial charge in [-0.25, -0.2) is 0 Å². The lowest BCUT2D eigenvalue weighted by molar-refractivity contribution is 0.271. The molecule has 1 unspecified atom stereocenters. The summed E-state index contributed by atoms with van der Waals surface area (Å²) in [5.74, 6) is -0.0508. The third kappa shape index (κ3) is 2.45. The van der Waals surface area contributed by atoms with Crippen LogP contribution in [0.3, 0.4) is 0 Å². The Morgan fingerprint density at radius 3 is 2.62 bits per heavy atom. The van der Waals surface area contributed by atoms with E-state index in [4.69, 9.17) is 10.9 Å². The second kappa shape index (κ2) is 4.98. The minimum absolute atomic E-state index is 0.0508. The largest absolute Gasteiger partial charge is 0.409 e. The summed E-state index contributed by atoms with van der Waals surface area (Å²) in [6.07, 6.45) is 2.26. The standard InChI is InChI=1S/C8H18N4O3S/c1-11(2)16(14,15)12-6-4-3-5-7(12)8(9)10-13/h7,13H,3-6H2,1-2H3,(H2,9,10). The Morgan fingerprint density at radius 1 is 1.50 bits per heavy atom. The Morgan fingerprint density at radius 2 is 2.12 bits per heavy atom. The Labute approximate surface area is 95.7 Å². The molecule has 0 aromatic carbocycles. The number of hydrogen-bond acceptors (Lipinski definition) is 4. The van der Waals surface area contributed by atoms with Gasteiger partial charge < -0.3 is 10.9 Å². The van der Waals surface area contributed by atoms with Crippen LogP contribution in [0.15, 0.2) is 5.16 Å². The number of piperidine rings is 1. The van der Waals surface area contributed by atoms with Gasteiger partial charge in [-0.2, -0.15) is 17.0 Å². The summed E-state index contributed by atoms with van der Waals surface area (Å²) in [5.41, 5.74) is 5.51. The first-order valence-electron chi connectivity index (χ1n) is 5.08. The zero-order chi connectivity index (χ0) is 12.3. The van der Waals surface area contributed by atoms with Crippen LogP contribution < -0.4 is 5.73 Å². The molecule has 16 heavy (non-hydrogen) atoms. The Kier molecular flexibility index (Phi) is 4.11. The number of nitrogens with zero attached hydrogens (tertiary/aromatic N) is 3. The second-order valence-corrected chi connectivity index (χ2v) is 6.03. The molecule has 0 aromatic heterocycles. The SMILES string of the molecule is CN(C)S(=O)(=O)N1CCCCC1C(N)=NO. The average Bonchev–Trinajstić information content (AvgIpc) is 2.27. The van der Waals surface area contributed by atoms with Crippen molar-refractivity contribution >= 4 is 16.0 Å². The maximum absolute atomic E-state index is 12.0. The van der Waals surface area contributed by atoms with Crippen LogP contribution in [0.5, 0.6) is 0 Å². The van der Waals surface area contributed by atoms with E-state index >= 15 is 0 Å². The molecule has 1 aliphatic rings. The van der Waals surface area contributed by atoms with Gasteiger partial charge in [-0.15, -0.1) is 0 Å². The Bertz CT molecular complexity index is 365. The van der Waals surface area contributed by atoms with Crippen molar-refractivity contribution in [3.05, 3.63) is 0 Å². The molecule has 8 heteroatoms. The predicted molar refractivity (Wildman–Crippen MR) is 60.4 cm³/mol. The van der Waals surface area contributed by atoms with Gasteiger partial charge in [-0.1, -0.05) is 11.6 Å². The van der Waals surface area contributed by atoms with Gasteiger partial charge in [-0.05, 0) is 12.8 Å². The van der Waals surface area contributed by atoms with Crippen LogP contribution in [0.4, 0.5) is 0 Å². The lowest BCUT2D eigenvalue weighted by Crippen LogP contribution is -2.53. The third-order valence-electron chi connectivity index (χ3n) is 2.67. The van der Waals surface area contributed by atoms with Gasteiger partial charge in [0.1, 0.15) is 0 Å². The number of nitrogens with two attached hydrogens (primary N) is 1. The van der Waals surface area contributed by atoms with Crippen LogP contribution in [0, 0.1) is 0 Å². The molecule has 0 amide bonds. The lowest BCUT2D eigenvalue weighted by Gasteiger charge is -2.35. The highest BCUT2D eigenvalue weighted by molar-refractivity contribution is 7.86. The highest BCUT2D eigenvalue weighted by Crippen LogP contribution is 2.21. The molecule has 0 spiro atoms. The summed E-state index contributed by atoms with van der Waals surface area (Å²) < 4.78 is 26.4. The number of rotatable bonds is 3. The predicted octanol–water partition coefficient (Wildman–Crippen LogP) is -0.606. The summed E-state index contributed by atoms with van der Waals surface area (Å²) in [4.78, 5) is 0. The van der Waals surface area contributed by atoms with Crippen LogP contribution in [-0.2, 0) is 10.2 Å². The fraction of sp³-hybridized carbons (Fsp3) is 0.875. The van der Waals surface area contributed by atoms with Crippen molar-refractivity contribution in [1.82, 2.24) is 8.61 Å². The molecule has 7 nitrogen and oxygen atoms in total. The van der Waals surface area contributed by atoms with Gasteiger partial charge in [0.2, 0.25) is 0 Å². The van der Waals surface area contributed by atoms with Crippen LogP contribution >= 0.6 is 0 Å². The molecule has 1 fully saturated rings. The molecule has 1 aliphatic heterocycles. The molecule has 1 heterocycles. The van der Waals surface area contributed by atoms with Crippen LogP contribution in [0.2, 0.25) is 0 Å². The number of oxime groups is 1. The average molecular weight is 250 g/mol.